The number of aromatic nitrogens is 5. The Morgan fingerprint density at radius 2 is 1.56 bits per heavy atom. The van der Waals surface area contributed by atoms with Crippen LogP contribution in [0.1, 0.15) is 71.3 Å². The van der Waals surface area contributed by atoms with E-state index in [9.17, 15) is 0 Å². The molecule has 52 heavy (non-hydrogen) atoms. The maximum Gasteiger partial charge on any atom is 0.125 e. The third-order valence-corrected chi connectivity index (χ3v) is 14.4. The number of hydrogen-bond donors (Lipinski definition) is 0. The molecule has 6 nitrogen and oxygen atoms in total. The van der Waals surface area contributed by atoms with E-state index in [1.54, 1.807) is 4.40 Å². The first-order chi connectivity index (χ1) is 24.1. The predicted octanol–water partition coefficient (Wildman–Crippen LogP) is 11.0. The van der Waals surface area contributed by atoms with Crippen molar-refractivity contribution >= 4 is 50.8 Å². The van der Waals surface area contributed by atoms with Gasteiger partial charge in [-0.1, -0.05) is 29.8 Å². The van der Waals surface area contributed by atoms with Gasteiger partial charge in [-0.2, -0.15) is 0 Å². The van der Waals surface area contributed by atoms with Crippen molar-refractivity contribution in [1.29, 1.82) is 0 Å². The van der Waals surface area contributed by atoms with Gasteiger partial charge >= 0.3 is 145 Å². The van der Waals surface area contributed by atoms with Gasteiger partial charge in [0.25, 0.3) is 0 Å². The second-order valence-electron chi connectivity index (χ2n) is 16.2. The van der Waals surface area contributed by atoms with Gasteiger partial charge in [0, 0.05) is 42.2 Å². The Morgan fingerprint density at radius 1 is 0.846 bits per heavy atom. The molecular formula is C44H51GeIrN5O-2. The molecule has 0 unspecified atom stereocenters. The minimum absolute atomic E-state index is 0. The Morgan fingerprint density at radius 3 is 2.21 bits per heavy atom. The Bertz CT molecular complexity index is 2330. The van der Waals surface area contributed by atoms with Crippen molar-refractivity contribution in [3.8, 4) is 22.6 Å². The van der Waals surface area contributed by atoms with Crippen molar-refractivity contribution < 1.29 is 24.5 Å². The summed E-state index contributed by atoms with van der Waals surface area (Å²) in [5.41, 5.74) is 11.0. The predicted molar refractivity (Wildman–Crippen MR) is 215 cm³/mol. The van der Waals surface area contributed by atoms with E-state index < -0.39 is 13.3 Å². The fraction of sp³-hybridized carbons (Fsp3) is 0.364. The largest absolute Gasteiger partial charge is 0.475 e. The molecule has 5 aromatic heterocycles. The van der Waals surface area contributed by atoms with E-state index in [0.29, 0.717) is 5.41 Å². The van der Waals surface area contributed by atoms with Crippen LogP contribution in [0.2, 0.25) is 17.3 Å². The second-order valence-corrected chi connectivity index (χ2v) is 26.8. The average Bonchev–Trinajstić information content (AvgIpc) is 3.67. The molecule has 7 rings (SSSR count). The molecule has 2 aromatic carbocycles. The third kappa shape index (κ3) is 8.12. The molecule has 0 bridgehead atoms. The van der Waals surface area contributed by atoms with Crippen LogP contribution in [0.4, 0.5) is 0 Å². The number of aryl methyl sites for hydroxylation is 2. The fourth-order valence-corrected chi connectivity index (χ4v) is 10.2. The van der Waals surface area contributed by atoms with E-state index >= 15 is 0 Å². The number of benzene rings is 2. The van der Waals surface area contributed by atoms with Crippen LogP contribution in [0.25, 0.3) is 55.7 Å². The summed E-state index contributed by atoms with van der Waals surface area (Å²) in [7, 11) is 0. The molecule has 0 spiro atoms. The smallest absolute Gasteiger partial charge is 0.125 e. The number of pyridine rings is 3. The normalized spacial score (nSPS) is 12.2. The molecule has 0 aliphatic heterocycles. The van der Waals surface area contributed by atoms with E-state index in [0.717, 1.165) is 73.6 Å². The first-order valence-corrected chi connectivity index (χ1v) is 25.5. The van der Waals surface area contributed by atoms with E-state index in [1.165, 1.54) is 18.4 Å². The molecule has 0 saturated carbocycles. The molecule has 0 fully saturated rings. The molecule has 5 heterocycles. The van der Waals surface area contributed by atoms with E-state index in [1.807, 2.05) is 62.4 Å². The Balaban J connectivity index is 0.000000202. The van der Waals surface area contributed by atoms with Crippen molar-refractivity contribution in [3.05, 3.63) is 102 Å². The molecule has 0 N–H and O–H groups in total. The van der Waals surface area contributed by atoms with Crippen LogP contribution in [-0.4, -0.2) is 37.8 Å². The van der Waals surface area contributed by atoms with Crippen molar-refractivity contribution in [3.63, 3.8) is 0 Å². The van der Waals surface area contributed by atoms with Crippen LogP contribution in [0.3, 0.4) is 0 Å². The van der Waals surface area contributed by atoms with Gasteiger partial charge in [-0.15, -0.1) is 0 Å². The zero-order valence-electron chi connectivity index (χ0n) is 32.5. The second kappa shape index (κ2) is 15.4. The molecule has 1 radical (unpaired) electrons. The molecule has 7 aromatic rings. The summed E-state index contributed by atoms with van der Waals surface area (Å²) in [6.45, 7) is 17.6. The summed E-state index contributed by atoms with van der Waals surface area (Å²) in [6, 6.07) is 25.7. The van der Waals surface area contributed by atoms with Gasteiger partial charge in [-0.3, -0.25) is 9.97 Å². The van der Waals surface area contributed by atoms with Crippen LogP contribution in [0, 0.1) is 31.5 Å². The number of fused-ring (bicyclic) bond motifs is 4. The summed E-state index contributed by atoms with van der Waals surface area (Å²) < 4.78 is 9.81. The topological polar surface area (TPSA) is 69.6 Å². The Labute approximate surface area is 325 Å². The molecule has 273 valence electrons. The quantitative estimate of drug-likeness (QED) is 0.118. The summed E-state index contributed by atoms with van der Waals surface area (Å²) in [5, 5.41) is 1.00. The molecular weight excluding hydrogens is 879 g/mol. The number of nitrogens with zero attached hydrogens (tertiary/aromatic N) is 5. The fourth-order valence-electron chi connectivity index (χ4n) is 6.90. The van der Waals surface area contributed by atoms with Gasteiger partial charge in [0.05, 0.1) is 28.1 Å². The van der Waals surface area contributed by atoms with Gasteiger partial charge in [0.15, 0.2) is 0 Å². The monoisotopic (exact) mass is 932 g/mol. The summed E-state index contributed by atoms with van der Waals surface area (Å²) >= 11 is -1.93. The average molecular weight is 931 g/mol. The SMILES string of the molecule is CCC(C)(CC)Cc1cc(-c2[c-]cccc2)nc[c]1[Ge]([CH3])([CH3])[CH3].Cc1cc2nc(-c3[c-]nc4c(c3)oc3ccccc34)n(C(C)(C)C)c2c(C)n1.[Ir]. The first kappa shape index (κ1) is 39.6. The molecule has 0 saturated heterocycles. The van der Waals surface area contributed by atoms with Crippen LogP contribution >= 0.6 is 0 Å². The van der Waals surface area contributed by atoms with Gasteiger partial charge < -0.3 is 14.0 Å². The number of imidazole rings is 1. The molecule has 8 heteroatoms. The maximum absolute atomic E-state index is 6.03. The van der Waals surface area contributed by atoms with Gasteiger partial charge in [0.1, 0.15) is 5.58 Å². The van der Waals surface area contributed by atoms with Gasteiger partial charge in [0.2, 0.25) is 0 Å². The first-order valence-electron chi connectivity index (χ1n) is 18.2. The van der Waals surface area contributed by atoms with E-state index in [4.69, 9.17) is 14.4 Å². The minimum atomic E-state index is -1.93. The Kier molecular flexibility index (Phi) is 11.7. The standard InChI is InChI=1S/C23H21N4O.C21H30GeN.Ir/c1-13-10-17-21(14(2)25-13)27(23(3,4)5)22(26-17)15-11-19-20(24-12-15)16-8-6-7-9-18(16)28-19;1-7-21(3,8-2)15-18-14-20(17-12-10-9-11-13-17)23-16-19(18)22(4,5)6;/h6-11H,1-5H3;9-12,14,16H,7-8,15H2,1-6H3;/q2*-1;. The third-order valence-electron chi connectivity index (χ3n) is 10.1. The van der Waals surface area contributed by atoms with Crippen LogP contribution in [0.15, 0.2) is 77.3 Å². The molecule has 0 atom stereocenters. The van der Waals surface area contributed by atoms with E-state index in [2.05, 4.69) is 110 Å². The van der Waals surface area contributed by atoms with Crippen molar-refractivity contribution in [2.75, 3.05) is 0 Å². The number of hydrogen-bond acceptors (Lipinski definition) is 5. The number of rotatable bonds is 7. The number of furan rings is 1. The van der Waals surface area contributed by atoms with Gasteiger partial charge in [-0.05, 0) is 52.9 Å². The van der Waals surface area contributed by atoms with Crippen LogP contribution in [-0.2, 0) is 32.1 Å². The summed E-state index contributed by atoms with van der Waals surface area (Å²) in [4.78, 5) is 19.0. The summed E-state index contributed by atoms with van der Waals surface area (Å²) in [6.07, 6.45) is 8.95. The molecule has 0 amide bonds. The van der Waals surface area contributed by atoms with Crippen molar-refractivity contribution in [2.24, 2.45) is 5.41 Å². The Hall–Kier alpha value is -3.65. The number of para-hydroxylation sites is 1. The maximum atomic E-state index is 6.03. The summed E-state index contributed by atoms with van der Waals surface area (Å²) in [5.74, 6) is 8.21. The minimum Gasteiger partial charge on any atom is -0.475 e. The zero-order valence-corrected chi connectivity index (χ0v) is 37.0. The van der Waals surface area contributed by atoms with Crippen LogP contribution in [0.5, 0.6) is 0 Å². The van der Waals surface area contributed by atoms with E-state index in [-0.39, 0.29) is 25.6 Å². The molecule has 0 aliphatic rings. The zero-order chi connectivity index (χ0) is 36.7. The molecule has 0 aliphatic carbocycles. The van der Waals surface area contributed by atoms with Crippen LogP contribution < -0.4 is 4.40 Å². The van der Waals surface area contributed by atoms with Gasteiger partial charge in [-0.25, -0.2) is 0 Å². The van der Waals surface area contributed by atoms with Crippen molar-refractivity contribution in [1.82, 2.24) is 24.5 Å². The van der Waals surface area contributed by atoms with Crippen molar-refractivity contribution in [2.45, 2.75) is 97.5 Å².